The van der Waals surface area contributed by atoms with Crippen molar-refractivity contribution < 1.29 is 18.1 Å². The molecule has 0 amide bonds. The van der Waals surface area contributed by atoms with Crippen LogP contribution in [0.5, 0.6) is 0 Å². The average molecular weight is 481 g/mol. The highest BCUT2D eigenvalue weighted by Gasteiger charge is 2.45. The van der Waals surface area contributed by atoms with Gasteiger partial charge in [-0.05, 0) is 20.8 Å². The van der Waals surface area contributed by atoms with Crippen molar-refractivity contribution >= 4 is 54.5 Å². The third kappa shape index (κ3) is 7.84. The van der Waals surface area contributed by atoms with Gasteiger partial charge in [-0.25, -0.2) is 4.52 Å². The molecule has 0 saturated heterocycles. The van der Waals surface area contributed by atoms with Crippen molar-refractivity contribution in [1.29, 1.82) is 0 Å². The van der Waals surface area contributed by atoms with Crippen LogP contribution in [0.2, 0.25) is 0 Å². The highest BCUT2D eigenvalue weighted by Crippen LogP contribution is 2.81. The minimum absolute atomic E-state index is 0.372. The largest absolute Gasteiger partial charge is 0.371 e. The number of hydrogen-bond donors (Lipinski definition) is 0. The first-order valence-corrected chi connectivity index (χ1v) is 13.9. The molecule has 0 N–H and O–H groups in total. The van der Waals surface area contributed by atoms with Crippen LogP contribution >= 0.6 is 54.5 Å². The lowest BCUT2D eigenvalue weighted by Gasteiger charge is -2.18. The monoisotopic (exact) mass is 481 g/mol. The topological polar surface area (TPSA) is 44.8 Å². The maximum atomic E-state index is 12.2. The molecule has 0 atom stereocenters. The van der Waals surface area contributed by atoms with Crippen LogP contribution in [-0.2, 0) is 18.1 Å². The lowest BCUT2D eigenvalue weighted by atomic mass is 10.9. The van der Waals surface area contributed by atoms with Gasteiger partial charge in [0, 0.05) is 0 Å². The Kier molecular flexibility index (Phi) is 9.25. The zero-order valence-electron chi connectivity index (χ0n) is 9.11. The van der Waals surface area contributed by atoms with Gasteiger partial charge in [-0.15, -0.1) is 0 Å². The molecule has 0 aliphatic heterocycles. The first kappa shape index (κ1) is 17.0. The van der Waals surface area contributed by atoms with Crippen molar-refractivity contribution in [2.24, 2.45) is 0 Å². The van der Waals surface area contributed by atoms with E-state index in [-0.39, 0.29) is 0 Å². The predicted molar refractivity (Wildman–Crippen MR) is 82.3 cm³/mol. The molecule has 0 unspecified atom stereocenters. The second-order valence-corrected chi connectivity index (χ2v) is 21.7. The standard InChI is InChI=1S/C7H17I2O4P2/c1-4-11-14(8,9)7-15(10,12-5-2)13-6-3/h4-7H2,1-3H3/q+1. The molecule has 0 rings (SSSR count). The number of halogens is 2. The van der Waals surface area contributed by atoms with E-state index in [1.54, 1.807) is 0 Å². The summed E-state index contributed by atoms with van der Waals surface area (Å²) in [4.78, 5) is 0. The molecule has 0 aliphatic carbocycles. The molecule has 15 heavy (non-hydrogen) atoms. The first-order valence-electron chi connectivity index (χ1n) is 4.69. The van der Waals surface area contributed by atoms with Crippen molar-refractivity contribution in [2.45, 2.75) is 20.8 Å². The summed E-state index contributed by atoms with van der Waals surface area (Å²) < 4.78 is 26.5. The summed E-state index contributed by atoms with van der Waals surface area (Å²) in [5.41, 5.74) is 0. The minimum Gasteiger partial charge on any atom is -0.306 e. The quantitative estimate of drug-likeness (QED) is 0.367. The first-order chi connectivity index (χ1) is 6.89. The molecule has 0 bridgehead atoms. The summed E-state index contributed by atoms with van der Waals surface area (Å²) >= 11 is 4.45. The Bertz CT molecular complexity index is 215. The third-order valence-corrected chi connectivity index (χ3v) is 13.1. The van der Waals surface area contributed by atoms with Crippen molar-refractivity contribution in [3.05, 3.63) is 0 Å². The predicted octanol–water partition coefficient (Wildman–Crippen LogP) is 4.88. The van der Waals surface area contributed by atoms with E-state index in [2.05, 4.69) is 44.1 Å². The van der Waals surface area contributed by atoms with Crippen LogP contribution in [0.4, 0.5) is 0 Å². The van der Waals surface area contributed by atoms with Crippen LogP contribution in [0.3, 0.4) is 0 Å². The molecule has 0 heterocycles. The molecular formula is C7H17I2O4P2+. The van der Waals surface area contributed by atoms with Gasteiger partial charge in [-0.1, -0.05) is 0 Å². The van der Waals surface area contributed by atoms with Crippen LogP contribution in [0, 0.1) is 0 Å². The minimum atomic E-state index is -2.96. The molecule has 0 aromatic rings. The van der Waals surface area contributed by atoms with Crippen LogP contribution in [0.15, 0.2) is 0 Å². The van der Waals surface area contributed by atoms with E-state index < -0.39 is 10.4 Å². The van der Waals surface area contributed by atoms with E-state index >= 15 is 0 Å². The smallest absolute Gasteiger partial charge is 0.306 e. The van der Waals surface area contributed by atoms with Gasteiger partial charge < -0.3 is 9.05 Å². The average Bonchev–Trinajstić information content (AvgIpc) is 2.02. The highest BCUT2D eigenvalue weighted by atomic mass is 127. The van der Waals surface area contributed by atoms with Gasteiger partial charge in [-0.3, -0.25) is 4.57 Å². The summed E-state index contributed by atoms with van der Waals surface area (Å²) in [5.74, 6) is 0.372. The molecule has 92 valence electrons. The zero-order chi connectivity index (χ0) is 11.9. The van der Waals surface area contributed by atoms with Gasteiger partial charge in [0.1, 0.15) is 0 Å². The van der Waals surface area contributed by atoms with Gasteiger partial charge in [0.25, 0.3) is 2.77 Å². The van der Waals surface area contributed by atoms with Crippen molar-refractivity contribution in [1.82, 2.24) is 0 Å². The molecule has 0 aliphatic rings. The Hall–Kier alpha value is 2.00. The van der Waals surface area contributed by atoms with Crippen molar-refractivity contribution in [3.63, 3.8) is 0 Å². The third-order valence-electron chi connectivity index (χ3n) is 1.31. The second-order valence-electron chi connectivity index (χ2n) is 2.58. The van der Waals surface area contributed by atoms with E-state index in [0.29, 0.717) is 25.7 Å². The van der Waals surface area contributed by atoms with E-state index in [0.717, 1.165) is 0 Å². The Morgan fingerprint density at radius 1 is 1.07 bits per heavy atom. The molecule has 0 saturated carbocycles. The van der Waals surface area contributed by atoms with Gasteiger partial charge in [0.2, 0.25) is 50.0 Å². The Morgan fingerprint density at radius 3 is 1.87 bits per heavy atom. The molecule has 0 radical (unpaired) electrons. The van der Waals surface area contributed by atoms with E-state index in [9.17, 15) is 4.57 Å². The SMILES string of the molecule is CCOP(=O)(C[P+](I)(I)OCC)OCC. The number of hydrogen-bond acceptors (Lipinski definition) is 4. The lowest BCUT2D eigenvalue weighted by Crippen LogP contribution is -2.01. The maximum absolute atomic E-state index is 12.2. The van der Waals surface area contributed by atoms with Crippen LogP contribution in [0.1, 0.15) is 20.8 Å². The van der Waals surface area contributed by atoms with E-state index in [1.165, 1.54) is 0 Å². The fourth-order valence-electron chi connectivity index (χ4n) is 0.944. The lowest BCUT2D eigenvalue weighted by molar-refractivity contribution is 0.223. The Morgan fingerprint density at radius 2 is 1.53 bits per heavy atom. The molecule has 0 aromatic carbocycles. The maximum Gasteiger partial charge on any atom is 0.371 e. The summed E-state index contributed by atoms with van der Waals surface area (Å²) in [7, 11) is -2.96. The molecule has 8 heteroatoms. The van der Waals surface area contributed by atoms with Gasteiger partial charge >= 0.3 is 7.60 Å². The van der Waals surface area contributed by atoms with Crippen molar-refractivity contribution in [2.75, 3.05) is 25.7 Å². The fourth-order valence-corrected chi connectivity index (χ4v) is 13.2. The summed E-state index contributed by atoms with van der Waals surface area (Å²) in [6.07, 6.45) is 0. The van der Waals surface area contributed by atoms with E-state index in [4.69, 9.17) is 13.6 Å². The van der Waals surface area contributed by atoms with Crippen LogP contribution < -0.4 is 0 Å². The Labute approximate surface area is 118 Å². The van der Waals surface area contributed by atoms with Crippen LogP contribution in [0.25, 0.3) is 0 Å². The summed E-state index contributed by atoms with van der Waals surface area (Å²) in [5, 5.41) is 0. The Balaban J connectivity index is 4.45. The van der Waals surface area contributed by atoms with Gasteiger partial charge in [0.15, 0.2) is 0 Å². The molecule has 0 aromatic heterocycles. The highest BCUT2D eigenvalue weighted by molar-refractivity contribution is 14.3. The normalized spacial score (nSPS) is 13.1. The number of rotatable bonds is 8. The summed E-state index contributed by atoms with van der Waals surface area (Å²) in [6, 6.07) is 0. The summed E-state index contributed by atoms with van der Waals surface area (Å²) in [6.45, 7) is 6.98. The molecule has 0 spiro atoms. The molecule has 4 nitrogen and oxygen atoms in total. The fraction of sp³-hybridized carbons (Fsp3) is 1.00. The van der Waals surface area contributed by atoms with E-state index in [1.807, 2.05) is 20.8 Å². The van der Waals surface area contributed by atoms with Crippen LogP contribution in [-0.4, -0.2) is 25.7 Å². The molecule has 0 fully saturated rings. The van der Waals surface area contributed by atoms with Gasteiger partial charge in [0.05, 0.1) is 19.8 Å². The van der Waals surface area contributed by atoms with Gasteiger partial charge in [-0.2, -0.15) is 0 Å². The molecular weight excluding hydrogens is 464 g/mol. The van der Waals surface area contributed by atoms with Crippen molar-refractivity contribution in [3.8, 4) is 0 Å². The zero-order valence-corrected chi connectivity index (χ0v) is 15.2. The second kappa shape index (κ2) is 8.16.